The number of aliphatic hydroxyl groups is 6. The summed E-state index contributed by atoms with van der Waals surface area (Å²) in [7, 11) is -3.16. The lowest BCUT2D eigenvalue weighted by Gasteiger charge is -2.55. The quantitative estimate of drug-likeness (QED) is 0.0846. The maximum Gasteiger partial charge on any atom is 0.199 e. The van der Waals surface area contributed by atoms with Crippen molar-refractivity contribution in [3.05, 3.63) is 140 Å². The van der Waals surface area contributed by atoms with Crippen molar-refractivity contribution in [1.82, 2.24) is 30.0 Å². The first kappa shape index (κ1) is 46.1. The van der Waals surface area contributed by atoms with Crippen LogP contribution in [-0.2, 0) is 30.1 Å². The maximum absolute atomic E-state index is 16.5. The first-order valence-electron chi connectivity index (χ1n) is 18.8. The molecule has 2 aliphatic rings. The van der Waals surface area contributed by atoms with Crippen molar-refractivity contribution in [3.63, 3.8) is 0 Å². The van der Waals surface area contributed by atoms with Crippen LogP contribution in [0.5, 0.6) is 0 Å². The van der Waals surface area contributed by atoms with Gasteiger partial charge in [0.15, 0.2) is 44.8 Å². The SMILES string of the molecule is O=S([C@@]1(c2cccc(Br)c2)O[C@H](CO)[C@H](O)[C@H](n2cc(-c3cc(F)c(F)c(F)c3)nn2)[C@H]1O)[C@@]1(c2cccc(Br)c2)O[C@H](CO)[C@H](O)[C@H](n2cc(-c3cc(F)c(F)c(F)c3)nn2)[C@H]1O. The molecule has 4 aromatic carbocycles. The Hall–Kier alpha value is -4.47. The van der Waals surface area contributed by atoms with Crippen LogP contribution in [0.15, 0.2) is 94.1 Å². The molecule has 338 valence electrons. The Bertz CT molecular complexity index is 2530. The Kier molecular flexibility index (Phi) is 12.8. The van der Waals surface area contributed by atoms with E-state index in [9.17, 15) is 57.0 Å². The van der Waals surface area contributed by atoms with Crippen molar-refractivity contribution in [2.45, 2.75) is 58.6 Å². The van der Waals surface area contributed by atoms with Gasteiger partial charge in [-0.3, -0.25) is 4.21 Å². The number of benzene rings is 4. The smallest absolute Gasteiger partial charge is 0.199 e. The highest BCUT2D eigenvalue weighted by Crippen LogP contribution is 2.55. The molecule has 0 unspecified atom stereocenters. The predicted molar refractivity (Wildman–Crippen MR) is 216 cm³/mol. The maximum atomic E-state index is 16.5. The van der Waals surface area contributed by atoms with Gasteiger partial charge in [-0.2, -0.15) is 0 Å². The van der Waals surface area contributed by atoms with E-state index in [1.807, 2.05) is 0 Å². The van der Waals surface area contributed by atoms with Crippen LogP contribution in [-0.4, -0.2) is 115 Å². The van der Waals surface area contributed by atoms with Gasteiger partial charge in [0.1, 0.15) is 70.9 Å². The Morgan fingerprint density at radius 3 is 1.30 bits per heavy atom. The van der Waals surface area contributed by atoms with Crippen molar-refractivity contribution < 1.29 is 70.7 Å². The average molecular weight is 1050 g/mol. The van der Waals surface area contributed by atoms with Crippen LogP contribution in [0, 0.1) is 34.9 Å². The Labute approximate surface area is 376 Å². The van der Waals surface area contributed by atoms with Crippen LogP contribution in [0.1, 0.15) is 23.2 Å². The molecule has 4 heterocycles. The first-order chi connectivity index (χ1) is 30.5. The minimum Gasteiger partial charge on any atom is -0.394 e. The minimum atomic E-state index is -3.16. The molecule has 6 aromatic rings. The highest BCUT2D eigenvalue weighted by atomic mass is 79.9. The second-order valence-corrected chi connectivity index (χ2v) is 18.4. The van der Waals surface area contributed by atoms with Gasteiger partial charge in [-0.25, -0.2) is 35.7 Å². The number of ether oxygens (including phenoxy) is 2. The number of aromatic nitrogens is 6. The van der Waals surface area contributed by atoms with Gasteiger partial charge < -0.3 is 40.1 Å². The molecule has 0 amide bonds. The molecule has 10 atom stereocenters. The van der Waals surface area contributed by atoms with Gasteiger partial charge in [-0.15, -0.1) is 10.2 Å². The molecule has 8 rings (SSSR count). The molecule has 2 aromatic heterocycles. The van der Waals surface area contributed by atoms with E-state index in [1.165, 1.54) is 36.4 Å². The summed E-state index contributed by atoms with van der Waals surface area (Å²) in [4.78, 5) is -5.54. The van der Waals surface area contributed by atoms with E-state index < -0.39 is 117 Å². The van der Waals surface area contributed by atoms with Gasteiger partial charge >= 0.3 is 0 Å². The monoisotopic (exact) mass is 1040 g/mol. The summed E-state index contributed by atoms with van der Waals surface area (Å²) in [5, 5.41) is 86.4. The zero-order chi connectivity index (χ0) is 46.0. The summed E-state index contributed by atoms with van der Waals surface area (Å²) < 4.78 is 117. The largest absolute Gasteiger partial charge is 0.394 e. The minimum absolute atomic E-state index is 0.136. The third-order valence-corrected chi connectivity index (χ3v) is 14.3. The zero-order valence-corrected chi connectivity index (χ0v) is 36.1. The molecule has 0 spiro atoms. The van der Waals surface area contributed by atoms with E-state index in [1.54, 1.807) is 12.1 Å². The van der Waals surface area contributed by atoms with E-state index in [2.05, 4.69) is 52.5 Å². The van der Waals surface area contributed by atoms with Crippen LogP contribution in [0.3, 0.4) is 0 Å². The third kappa shape index (κ3) is 7.60. The van der Waals surface area contributed by atoms with E-state index in [-0.39, 0.29) is 33.6 Å². The van der Waals surface area contributed by atoms with Crippen molar-refractivity contribution in [3.8, 4) is 22.5 Å². The molecule has 0 aliphatic carbocycles. The predicted octanol–water partition coefficient (Wildman–Crippen LogP) is 4.03. The summed E-state index contributed by atoms with van der Waals surface area (Å²) in [6, 6.07) is 10.3. The van der Waals surface area contributed by atoms with E-state index in [0.29, 0.717) is 33.2 Å². The summed E-state index contributed by atoms with van der Waals surface area (Å²) in [5.74, 6) is -9.76. The molecule has 0 radical (unpaired) electrons. The highest BCUT2D eigenvalue weighted by Gasteiger charge is 2.69. The molecule has 6 N–H and O–H groups in total. The number of nitrogens with zero attached hydrogens (tertiary/aromatic N) is 6. The number of halogens is 8. The van der Waals surface area contributed by atoms with Crippen molar-refractivity contribution >= 4 is 42.7 Å². The standard InChI is InChI=1S/C40H32Br2F6N6O9S/c41-21-5-1-3-19(11-21)39(37(59)33(35(57)29(15-55)62-39)53-13-27(49-51-53)17-7-23(43)31(47)24(44)8-17)64(61)40(20-4-2-6-22(42)12-20)38(60)34(36(58)30(16-56)63-40)54-14-28(50-52-54)18-9-25(45)32(48)26(46)10-18/h1-14,29-30,33-38,55-60H,15-16H2/t29-,30-,33+,34+,35+,36+,37-,38-,39-,40-/m1/s1. The molecule has 2 fully saturated rings. The Morgan fingerprint density at radius 1 is 0.609 bits per heavy atom. The highest BCUT2D eigenvalue weighted by molar-refractivity contribution is 9.10. The van der Waals surface area contributed by atoms with Crippen molar-refractivity contribution in [1.29, 1.82) is 0 Å². The topological polar surface area (TPSA) is 218 Å². The fourth-order valence-electron chi connectivity index (χ4n) is 8.03. The first-order valence-corrected chi connectivity index (χ1v) is 21.6. The fraction of sp³-hybridized carbons (Fsp3) is 0.300. The third-order valence-electron chi connectivity index (χ3n) is 11.1. The van der Waals surface area contributed by atoms with Crippen LogP contribution in [0.4, 0.5) is 26.3 Å². The zero-order valence-electron chi connectivity index (χ0n) is 32.1. The molecule has 0 saturated carbocycles. The van der Waals surface area contributed by atoms with E-state index in [0.717, 1.165) is 21.8 Å². The van der Waals surface area contributed by atoms with Gasteiger partial charge in [0.2, 0.25) is 0 Å². The van der Waals surface area contributed by atoms with Crippen LogP contribution in [0.25, 0.3) is 22.5 Å². The van der Waals surface area contributed by atoms with Crippen molar-refractivity contribution in [2.75, 3.05) is 13.2 Å². The number of aliphatic hydroxyl groups excluding tert-OH is 6. The molecule has 0 bridgehead atoms. The summed E-state index contributed by atoms with van der Waals surface area (Å²) in [6.07, 6.45) is -9.93. The summed E-state index contributed by atoms with van der Waals surface area (Å²) in [5.41, 5.74) is -1.45. The lowest BCUT2D eigenvalue weighted by molar-refractivity contribution is -0.243. The van der Waals surface area contributed by atoms with E-state index in [4.69, 9.17) is 9.47 Å². The molecule has 2 saturated heterocycles. The summed E-state index contributed by atoms with van der Waals surface area (Å²) >= 11 is 6.72. The number of hydrogen-bond donors (Lipinski definition) is 6. The number of rotatable bonds is 10. The van der Waals surface area contributed by atoms with Crippen molar-refractivity contribution in [2.24, 2.45) is 0 Å². The normalized spacial score (nSPS) is 28.5. The fourth-order valence-corrected chi connectivity index (χ4v) is 11.1. The molecular weight excluding hydrogens is 1010 g/mol. The van der Waals surface area contributed by atoms with Crippen LogP contribution >= 0.6 is 31.9 Å². The molecule has 15 nitrogen and oxygen atoms in total. The lowest BCUT2D eigenvalue weighted by atomic mass is 9.88. The van der Waals surface area contributed by atoms with Crippen LogP contribution in [0.2, 0.25) is 0 Å². The van der Waals surface area contributed by atoms with Gasteiger partial charge in [-0.1, -0.05) is 66.6 Å². The lowest BCUT2D eigenvalue weighted by Crippen LogP contribution is -2.70. The van der Waals surface area contributed by atoms with Crippen LogP contribution < -0.4 is 0 Å². The molecular formula is C40H32Br2F6N6O9S. The molecule has 2 aliphatic heterocycles. The van der Waals surface area contributed by atoms with Gasteiger partial charge in [0.25, 0.3) is 0 Å². The van der Waals surface area contributed by atoms with E-state index >= 15 is 4.21 Å². The Morgan fingerprint density at radius 2 is 0.969 bits per heavy atom. The Balaban J connectivity index is 1.34. The number of hydrogen-bond acceptors (Lipinski definition) is 13. The van der Waals surface area contributed by atoms with Gasteiger partial charge in [-0.05, 0) is 48.5 Å². The average Bonchev–Trinajstić information content (AvgIpc) is 3.96. The van der Waals surface area contributed by atoms with Gasteiger partial charge in [0, 0.05) is 31.2 Å². The van der Waals surface area contributed by atoms with Gasteiger partial charge in [0.05, 0.1) is 25.6 Å². The second-order valence-electron chi connectivity index (χ2n) is 14.8. The molecule has 24 heteroatoms. The summed E-state index contributed by atoms with van der Waals surface area (Å²) in [6.45, 7) is -2.04. The second kappa shape index (κ2) is 17.7. The molecule has 64 heavy (non-hydrogen) atoms.